The summed E-state index contributed by atoms with van der Waals surface area (Å²) in [5, 5.41) is 11.7. The lowest BCUT2D eigenvalue weighted by atomic mass is 10.1. The molecule has 7 nitrogen and oxygen atoms in total. The molecule has 1 aromatic carbocycles. The number of carbonyl (C=O) groups is 2. The number of carboxylic acid groups (broad SMARTS) is 1. The Morgan fingerprint density at radius 2 is 2.00 bits per heavy atom. The Morgan fingerprint density at radius 1 is 1.27 bits per heavy atom. The number of aliphatic carboxylic acids is 1. The van der Waals surface area contributed by atoms with Crippen molar-refractivity contribution in [2.24, 2.45) is 5.73 Å². The summed E-state index contributed by atoms with van der Waals surface area (Å²) in [6, 6.07) is 7.46. The standard InChI is InChI=1S/C15H18N4O3/c16-12(6-10-4-2-1-3-5-10)14(20)19-13(15(21)22)7-11-8-17-9-18-11/h1-5,8-9,12-13H,6-7,16H2,(H,17,18)(H,19,20)(H,21,22)/t12-,13+/m1/s1. The molecule has 0 aliphatic carbocycles. The van der Waals surface area contributed by atoms with E-state index in [1.165, 1.54) is 6.33 Å². The number of H-pyrrole nitrogens is 1. The quantitative estimate of drug-likeness (QED) is 0.577. The number of carbonyl (C=O) groups excluding carboxylic acids is 1. The normalized spacial score (nSPS) is 13.3. The lowest BCUT2D eigenvalue weighted by Crippen LogP contribution is -2.50. The van der Waals surface area contributed by atoms with Gasteiger partial charge in [0.1, 0.15) is 6.04 Å². The van der Waals surface area contributed by atoms with Crippen molar-refractivity contribution in [3.63, 3.8) is 0 Å². The monoisotopic (exact) mass is 302 g/mol. The Morgan fingerprint density at radius 3 is 2.59 bits per heavy atom. The molecule has 0 spiro atoms. The third-order valence-electron chi connectivity index (χ3n) is 3.22. The summed E-state index contributed by atoms with van der Waals surface area (Å²) >= 11 is 0. The summed E-state index contributed by atoms with van der Waals surface area (Å²) in [4.78, 5) is 30.0. The largest absolute Gasteiger partial charge is 0.480 e. The SMILES string of the molecule is N[C@H](Cc1ccccc1)C(=O)N[C@@H](Cc1c[nH]cn1)C(=O)O. The molecule has 116 valence electrons. The van der Waals surface area contributed by atoms with Gasteiger partial charge >= 0.3 is 5.97 Å². The maximum Gasteiger partial charge on any atom is 0.326 e. The van der Waals surface area contributed by atoms with Crippen LogP contribution in [0.2, 0.25) is 0 Å². The number of hydrogen-bond acceptors (Lipinski definition) is 4. The first-order valence-electron chi connectivity index (χ1n) is 6.86. The van der Waals surface area contributed by atoms with E-state index in [0.29, 0.717) is 12.1 Å². The van der Waals surface area contributed by atoms with Crippen molar-refractivity contribution >= 4 is 11.9 Å². The van der Waals surface area contributed by atoms with E-state index in [-0.39, 0.29) is 6.42 Å². The van der Waals surface area contributed by atoms with Crippen LogP contribution in [-0.2, 0) is 22.4 Å². The molecule has 2 rings (SSSR count). The average molecular weight is 302 g/mol. The third kappa shape index (κ3) is 4.42. The molecule has 2 aromatic rings. The zero-order valence-corrected chi connectivity index (χ0v) is 11.9. The number of aromatic amines is 1. The van der Waals surface area contributed by atoms with E-state index in [4.69, 9.17) is 5.73 Å². The van der Waals surface area contributed by atoms with Gasteiger partial charge in [0.05, 0.1) is 18.1 Å². The summed E-state index contributed by atoms with van der Waals surface area (Å²) in [6.45, 7) is 0. The van der Waals surface area contributed by atoms with Crippen LogP contribution in [0.25, 0.3) is 0 Å². The molecule has 0 saturated carbocycles. The number of hydrogen-bond donors (Lipinski definition) is 4. The van der Waals surface area contributed by atoms with Gasteiger partial charge in [0, 0.05) is 12.6 Å². The fourth-order valence-electron chi connectivity index (χ4n) is 2.05. The van der Waals surface area contributed by atoms with Gasteiger partial charge in [-0.3, -0.25) is 4.79 Å². The van der Waals surface area contributed by atoms with Crippen LogP contribution >= 0.6 is 0 Å². The molecular weight excluding hydrogens is 284 g/mol. The maximum atomic E-state index is 12.1. The topological polar surface area (TPSA) is 121 Å². The average Bonchev–Trinajstić information content (AvgIpc) is 3.00. The lowest BCUT2D eigenvalue weighted by Gasteiger charge is -2.17. The first-order valence-corrected chi connectivity index (χ1v) is 6.86. The number of nitrogens with two attached hydrogens (primary N) is 1. The van der Waals surface area contributed by atoms with E-state index >= 15 is 0 Å². The Hall–Kier alpha value is -2.67. The second-order valence-corrected chi connectivity index (χ2v) is 4.96. The van der Waals surface area contributed by atoms with Crippen LogP contribution in [0.3, 0.4) is 0 Å². The van der Waals surface area contributed by atoms with Crippen molar-refractivity contribution in [2.45, 2.75) is 24.9 Å². The van der Waals surface area contributed by atoms with Gasteiger partial charge in [-0.25, -0.2) is 9.78 Å². The highest BCUT2D eigenvalue weighted by molar-refractivity contribution is 5.87. The Kier molecular flexibility index (Phi) is 5.26. The van der Waals surface area contributed by atoms with Gasteiger partial charge in [-0.1, -0.05) is 30.3 Å². The summed E-state index contributed by atoms with van der Waals surface area (Å²) in [5.41, 5.74) is 7.32. The van der Waals surface area contributed by atoms with Gasteiger partial charge in [-0.15, -0.1) is 0 Å². The van der Waals surface area contributed by atoms with Crippen LogP contribution in [0.15, 0.2) is 42.9 Å². The van der Waals surface area contributed by atoms with E-state index in [0.717, 1.165) is 5.56 Å². The summed E-state index contributed by atoms with van der Waals surface area (Å²) in [7, 11) is 0. The van der Waals surface area contributed by atoms with Crippen molar-refractivity contribution in [2.75, 3.05) is 0 Å². The number of rotatable bonds is 7. The van der Waals surface area contributed by atoms with Crippen LogP contribution in [0.1, 0.15) is 11.3 Å². The number of amides is 1. The molecule has 0 fully saturated rings. The van der Waals surface area contributed by atoms with Gasteiger partial charge in [0.25, 0.3) is 0 Å². The van der Waals surface area contributed by atoms with Crippen LogP contribution in [0, 0.1) is 0 Å². The highest BCUT2D eigenvalue weighted by atomic mass is 16.4. The van der Waals surface area contributed by atoms with Crippen LogP contribution < -0.4 is 11.1 Å². The number of nitrogens with one attached hydrogen (secondary N) is 2. The van der Waals surface area contributed by atoms with E-state index in [9.17, 15) is 14.7 Å². The number of nitrogens with zero attached hydrogens (tertiary/aromatic N) is 1. The molecule has 5 N–H and O–H groups in total. The van der Waals surface area contributed by atoms with Crippen LogP contribution in [0.4, 0.5) is 0 Å². The highest BCUT2D eigenvalue weighted by Gasteiger charge is 2.24. The number of aromatic nitrogens is 2. The molecule has 0 aliphatic heterocycles. The molecule has 0 radical (unpaired) electrons. The Labute approximate surface area is 127 Å². The van der Waals surface area contributed by atoms with Crippen molar-refractivity contribution in [3.8, 4) is 0 Å². The third-order valence-corrected chi connectivity index (χ3v) is 3.22. The predicted molar refractivity (Wildman–Crippen MR) is 80.0 cm³/mol. The second kappa shape index (κ2) is 7.37. The molecule has 0 aliphatic rings. The van der Waals surface area contributed by atoms with E-state index < -0.39 is 24.0 Å². The second-order valence-electron chi connectivity index (χ2n) is 4.96. The molecule has 0 bridgehead atoms. The zero-order chi connectivity index (χ0) is 15.9. The predicted octanol–water partition coefficient (Wildman–Crippen LogP) is 0.0916. The van der Waals surface area contributed by atoms with Gasteiger partial charge in [-0.05, 0) is 12.0 Å². The number of imidazole rings is 1. The van der Waals surface area contributed by atoms with Crippen LogP contribution in [-0.4, -0.2) is 39.0 Å². The van der Waals surface area contributed by atoms with Gasteiger partial charge in [-0.2, -0.15) is 0 Å². The smallest absolute Gasteiger partial charge is 0.326 e. The summed E-state index contributed by atoms with van der Waals surface area (Å²) in [5.74, 6) is -1.62. The minimum atomic E-state index is -1.12. The van der Waals surface area contributed by atoms with E-state index in [1.807, 2.05) is 30.3 Å². The first-order chi connectivity index (χ1) is 10.6. The Bertz CT molecular complexity index is 613. The fraction of sp³-hybridized carbons (Fsp3) is 0.267. The van der Waals surface area contributed by atoms with Crippen molar-refractivity contribution in [1.29, 1.82) is 0 Å². The van der Waals surface area contributed by atoms with Crippen LogP contribution in [0.5, 0.6) is 0 Å². The molecule has 0 unspecified atom stereocenters. The molecular formula is C15H18N4O3. The molecule has 1 aromatic heterocycles. The molecule has 1 heterocycles. The van der Waals surface area contributed by atoms with Gasteiger partial charge in [0.2, 0.25) is 5.91 Å². The van der Waals surface area contributed by atoms with E-state index in [1.54, 1.807) is 6.20 Å². The van der Waals surface area contributed by atoms with E-state index in [2.05, 4.69) is 15.3 Å². The summed E-state index contributed by atoms with van der Waals surface area (Å²) in [6.07, 6.45) is 3.49. The molecule has 7 heteroatoms. The lowest BCUT2D eigenvalue weighted by molar-refractivity contribution is -0.142. The zero-order valence-electron chi connectivity index (χ0n) is 11.9. The van der Waals surface area contributed by atoms with Crippen molar-refractivity contribution < 1.29 is 14.7 Å². The molecule has 2 atom stereocenters. The fourth-order valence-corrected chi connectivity index (χ4v) is 2.05. The highest BCUT2D eigenvalue weighted by Crippen LogP contribution is 2.03. The molecule has 1 amide bonds. The molecule has 0 saturated heterocycles. The summed E-state index contributed by atoms with van der Waals surface area (Å²) < 4.78 is 0. The van der Waals surface area contributed by atoms with Crippen molar-refractivity contribution in [3.05, 3.63) is 54.1 Å². The Balaban J connectivity index is 1.94. The number of carboxylic acids is 1. The van der Waals surface area contributed by atoms with Crippen molar-refractivity contribution in [1.82, 2.24) is 15.3 Å². The maximum absolute atomic E-state index is 12.1. The van der Waals surface area contributed by atoms with Gasteiger partial charge in [0.15, 0.2) is 0 Å². The minimum absolute atomic E-state index is 0.0998. The number of benzene rings is 1. The minimum Gasteiger partial charge on any atom is -0.480 e. The van der Waals surface area contributed by atoms with Gasteiger partial charge < -0.3 is 21.1 Å². The molecule has 22 heavy (non-hydrogen) atoms. The first kappa shape index (κ1) is 15.7.